The van der Waals surface area contributed by atoms with Crippen LogP contribution >= 0.6 is 11.6 Å². The Morgan fingerprint density at radius 3 is 2.65 bits per heavy atom. The molecular formula is C21H22ClF3N6O3. The first kappa shape index (κ1) is 22.9. The first-order valence-corrected chi connectivity index (χ1v) is 11.2. The number of halogens is 4. The minimum Gasteiger partial charge on any atom is -0.489 e. The summed E-state index contributed by atoms with van der Waals surface area (Å²) in [6.07, 6.45) is -4.73. The second-order valence-corrected chi connectivity index (χ2v) is 8.58. The van der Waals surface area contributed by atoms with Crippen molar-refractivity contribution in [1.82, 2.24) is 20.2 Å². The number of morpholine rings is 1. The number of ether oxygens (including phenoxy) is 2. The summed E-state index contributed by atoms with van der Waals surface area (Å²) in [5.74, 6) is -0.244. The summed E-state index contributed by atoms with van der Waals surface area (Å²) in [6.45, 7) is 3.29. The highest BCUT2D eigenvalue weighted by atomic mass is 35.5. The fraction of sp³-hybridized carbons (Fsp3) is 0.476. The zero-order valence-electron chi connectivity index (χ0n) is 18.0. The number of nitrogens with zero attached hydrogens (tertiary/aromatic N) is 4. The van der Waals surface area contributed by atoms with E-state index in [4.69, 9.17) is 26.8 Å². The van der Waals surface area contributed by atoms with Crippen molar-refractivity contribution in [2.45, 2.75) is 12.2 Å². The average molecular weight is 499 g/mol. The third-order valence-electron chi connectivity index (χ3n) is 6.08. The number of nitrogen functional groups attached to an aromatic ring is 1. The molecule has 9 nitrogen and oxygen atoms in total. The Morgan fingerprint density at radius 1 is 1.15 bits per heavy atom. The number of nitrogens with one attached hydrogen (secondary N) is 1. The van der Waals surface area contributed by atoms with Gasteiger partial charge in [0.15, 0.2) is 5.75 Å². The number of carbonyl (C=O) groups excluding carboxylic acids is 1. The first-order chi connectivity index (χ1) is 16.3. The van der Waals surface area contributed by atoms with Crippen molar-refractivity contribution in [2.24, 2.45) is 0 Å². The fourth-order valence-electron chi connectivity index (χ4n) is 4.40. The Hall–Kier alpha value is -2.83. The van der Waals surface area contributed by atoms with E-state index in [0.29, 0.717) is 45.9 Å². The Balaban J connectivity index is 1.75. The summed E-state index contributed by atoms with van der Waals surface area (Å²) >= 11 is 6.62. The van der Waals surface area contributed by atoms with Crippen LogP contribution in [0.25, 0.3) is 11.4 Å². The number of hydrogen-bond acceptors (Lipinski definition) is 8. The number of rotatable bonds is 2. The third-order valence-corrected chi connectivity index (χ3v) is 6.43. The molecular weight excluding hydrogens is 477 g/mol. The van der Waals surface area contributed by atoms with E-state index in [-0.39, 0.29) is 52.2 Å². The number of nitrogens with two attached hydrogens (primary N) is 1. The molecule has 5 rings (SSSR count). The number of carbonyl (C=O) groups is 1. The molecule has 5 heterocycles. The van der Waals surface area contributed by atoms with Gasteiger partial charge in [0.2, 0.25) is 0 Å². The van der Waals surface area contributed by atoms with Crippen LogP contribution in [0.2, 0.25) is 5.02 Å². The topological polar surface area (TPSA) is 106 Å². The van der Waals surface area contributed by atoms with Gasteiger partial charge >= 0.3 is 6.18 Å². The predicted molar refractivity (Wildman–Crippen MR) is 118 cm³/mol. The molecule has 3 aliphatic heterocycles. The van der Waals surface area contributed by atoms with Crippen LogP contribution in [0, 0.1) is 0 Å². The standard InChI is InChI=1S/C21H22ClF3N6O3/c22-15-17(16-12(21(23,24)25)1-2-13(26)28-16)29-19(30-5-7-33-8-6-30)14-18(15)34-10-11-9-27-3-4-31(11)20(14)32/h1-2,11,27H,3-10H2,(H2,26,28). The number of piperazine rings is 1. The highest BCUT2D eigenvalue weighted by Gasteiger charge is 2.41. The lowest BCUT2D eigenvalue weighted by atomic mass is 10.1. The van der Waals surface area contributed by atoms with E-state index < -0.39 is 17.4 Å². The van der Waals surface area contributed by atoms with Gasteiger partial charge < -0.3 is 30.3 Å². The van der Waals surface area contributed by atoms with Crippen LogP contribution in [0.4, 0.5) is 24.8 Å². The molecule has 3 N–H and O–H groups in total. The maximum atomic E-state index is 13.8. The summed E-state index contributed by atoms with van der Waals surface area (Å²) in [6, 6.07) is 1.66. The summed E-state index contributed by atoms with van der Waals surface area (Å²) in [5, 5.41) is 3.01. The Kier molecular flexibility index (Phi) is 5.90. The van der Waals surface area contributed by atoms with Gasteiger partial charge in [0.1, 0.15) is 40.2 Å². The van der Waals surface area contributed by atoms with E-state index in [0.717, 1.165) is 12.1 Å². The molecule has 2 aromatic rings. The zero-order chi connectivity index (χ0) is 24.0. The lowest BCUT2D eigenvalue weighted by Crippen LogP contribution is -2.55. The molecule has 2 saturated heterocycles. The third kappa shape index (κ3) is 3.99. The molecule has 0 spiro atoms. The maximum Gasteiger partial charge on any atom is 0.418 e. The summed E-state index contributed by atoms with van der Waals surface area (Å²) in [7, 11) is 0. The van der Waals surface area contributed by atoms with Crippen LogP contribution in [-0.4, -0.2) is 79.4 Å². The smallest absolute Gasteiger partial charge is 0.418 e. The molecule has 2 fully saturated rings. The molecule has 1 atom stereocenters. The lowest BCUT2D eigenvalue weighted by Gasteiger charge is -2.35. The first-order valence-electron chi connectivity index (χ1n) is 10.8. The average Bonchev–Trinajstić information content (AvgIpc) is 2.97. The normalized spacial score (nSPS) is 20.9. The fourth-order valence-corrected chi connectivity index (χ4v) is 4.68. The minimum absolute atomic E-state index is 0.00454. The van der Waals surface area contributed by atoms with Crippen molar-refractivity contribution >= 4 is 29.1 Å². The van der Waals surface area contributed by atoms with E-state index >= 15 is 0 Å². The summed E-state index contributed by atoms with van der Waals surface area (Å²) < 4.78 is 52.9. The molecule has 182 valence electrons. The second kappa shape index (κ2) is 8.75. The summed E-state index contributed by atoms with van der Waals surface area (Å²) in [5.41, 5.74) is 4.07. The van der Waals surface area contributed by atoms with Crippen molar-refractivity contribution in [3.8, 4) is 17.1 Å². The van der Waals surface area contributed by atoms with E-state index in [1.807, 2.05) is 0 Å². The molecule has 0 saturated carbocycles. The van der Waals surface area contributed by atoms with Gasteiger partial charge in [-0.05, 0) is 12.1 Å². The van der Waals surface area contributed by atoms with Gasteiger partial charge in [0, 0.05) is 32.7 Å². The van der Waals surface area contributed by atoms with Gasteiger partial charge in [-0.25, -0.2) is 9.97 Å². The van der Waals surface area contributed by atoms with Crippen LogP contribution in [-0.2, 0) is 10.9 Å². The van der Waals surface area contributed by atoms with Gasteiger partial charge in [-0.15, -0.1) is 0 Å². The number of pyridine rings is 2. The Morgan fingerprint density at radius 2 is 1.91 bits per heavy atom. The van der Waals surface area contributed by atoms with Gasteiger partial charge in [-0.3, -0.25) is 4.79 Å². The molecule has 2 aromatic heterocycles. The van der Waals surface area contributed by atoms with Crippen LogP contribution < -0.4 is 20.7 Å². The SMILES string of the molecule is Nc1ccc(C(F)(F)F)c(-c2nc(N3CCOCC3)c3c(c2Cl)OCC2CNCCN2C3=O)n1. The van der Waals surface area contributed by atoms with E-state index in [2.05, 4.69) is 15.3 Å². The molecule has 13 heteroatoms. The largest absolute Gasteiger partial charge is 0.489 e. The number of hydrogen-bond donors (Lipinski definition) is 2. The van der Waals surface area contributed by atoms with Crippen molar-refractivity contribution in [2.75, 3.05) is 63.2 Å². The van der Waals surface area contributed by atoms with Gasteiger partial charge in [-0.1, -0.05) is 11.6 Å². The molecule has 34 heavy (non-hydrogen) atoms. The van der Waals surface area contributed by atoms with Crippen LogP contribution in [0.1, 0.15) is 15.9 Å². The molecule has 0 aromatic carbocycles. The van der Waals surface area contributed by atoms with Crippen molar-refractivity contribution in [1.29, 1.82) is 0 Å². The number of anilines is 2. The van der Waals surface area contributed by atoms with Gasteiger partial charge in [0.05, 0.1) is 24.8 Å². The van der Waals surface area contributed by atoms with Gasteiger partial charge in [-0.2, -0.15) is 13.2 Å². The highest BCUT2D eigenvalue weighted by molar-refractivity contribution is 6.35. The van der Waals surface area contributed by atoms with E-state index in [9.17, 15) is 18.0 Å². The Bertz CT molecular complexity index is 1130. The molecule has 0 aliphatic carbocycles. The molecule has 1 amide bonds. The van der Waals surface area contributed by atoms with E-state index in [1.54, 1.807) is 9.80 Å². The number of aromatic nitrogens is 2. The minimum atomic E-state index is -4.73. The molecule has 3 aliphatic rings. The number of alkyl halides is 3. The lowest BCUT2D eigenvalue weighted by molar-refractivity contribution is -0.137. The highest BCUT2D eigenvalue weighted by Crippen LogP contribution is 2.46. The van der Waals surface area contributed by atoms with Crippen molar-refractivity contribution in [3.05, 3.63) is 28.3 Å². The summed E-state index contributed by atoms with van der Waals surface area (Å²) in [4.78, 5) is 25.6. The number of fused-ring (bicyclic) bond motifs is 2. The zero-order valence-corrected chi connectivity index (χ0v) is 18.7. The Labute approximate surface area is 198 Å². The van der Waals surface area contributed by atoms with Gasteiger partial charge in [0.25, 0.3) is 5.91 Å². The van der Waals surface area contributed by atoms with Crippen LogP contribution in [0.5, 0.6) is 5.75 Å². The molecule has 0 bridgehead atoms. The van der Waals surface area contributed by atoms with Crippen molar-refractivity contribution < 1.29 is 27.4 Å². The molecule has 0 radical (unpaired) electrons. The molecule has 1 unspecified atom stereocenters. The monoisotopic (exact) mass is 498 g/mol. The maximum absolute atomic E-state index is 13.8. The quantitative estimate of drug-likeness (QED) is 0.648. The second-order valence-electron chi connectivity index (χ2n) is 8.20. The number of amides is 1. The van der Waals surface area contributed by atoms with E-state index in [1.165, 1.54) is 0 Å². The van der Waals surface area contributed by atoms with Crippen LogP contribution in [0.15, 0.2) is 12.1 Å². The van der Waals surface area contributed by atoms with Crippen molar-refractivity contribution in [3.63, 3.8) is 0 Å². The van der Waals surface area contributed by atoms with Crippen LogP contribution in [0.3, 0.4) is 0 Å². The predicted octanol–water partition coefficient (Wildman–Crippen LogP) is 2.04.